The number of aliphatic hydroxyl groups is 1. The Labute approximate surface area is 146 Å². The summed E-state index contributed by atoms with van der Waals surface area (Å²) in [7, 11) is 1.63. The Kier molecular flexibility index (Phi) is 5.43. The van der Waals surface area contributed by atoms with E-state index < -0.39 is 6.10 Å². The smallest absolute Gasteiger partial charge is 0.169 e. The molecule has 3 aromatic rings. The summed E-state index contributed by atoms with van der Waals surface area (Å²) in [5, 5.41) is 11.4. The van der Waals surface area contributed by atoms with Crippen LogP contribution in [0.4, 0.5) is 0 Å². The normalized spacial score (nSPS) is 12.5. The lowest BCUT2D eigenvalue weighted by molar-refractivity contribution is 0.203. The van der Waals surface area contributed by atoms with Gasteiger partial charge in [0.2, 0.25) is 0 Å². The highest BCUT2D eigenvalue weighted by Crippen LogP contribution is 2.29. The zero-order valence-electron chi connectivity index (χ0n) is 14.0. The van der Waals surface area contributed by atoms with Gasteiger partial charge in [0.05, 0.1) is 24.2 Å². The highest BCUT2D eigenvalue weighted by atomic mass is 32.2. The van der Waals surface area contributed by atoms with E-state index in [1.165, 1.54) is 0 Å². The monoisotopic (exact) mass is 342 g/mol. The highest BCUT2D eigenvalue weighted by Gasteiger charge is 2.14. The second kappa shape index (κ2) is 7.73. The zero-order valence-corrected chi connectivity index (χ0v) is 14.8. The molecule has 0 amide bonds. The second-order valence-corrected chi connectivity index (χ2v) is 6.63. The van der Waals surface area contributed by atoms with Crippen molar-refractivity contribution in [2.75, 3.05) is 12.9 Å². The first-order valence-corrected chi connectivity index (χ1v) is 9.11. The van der Waals surface area contributed by atoms with Crippen molar-refractivity contribution in [3.8, 4) is 5.75 Å². The number of benzene rings is 2. The van der Waals surface area contributed by atoms with Gasteiger partial charge in [0.25, 0.3) is 0 Å². The molecule has 1 heterocycles. The fourth-order valence-corrected chi connectivity index (χ4v) is 3.71. The molecule has 24 heavy (non-hydrogen) atoms. The van der Waals surface area contributed by atoms with Crippen molar-refractivity contribution < 1.29 is 9.84 Å². The quantitative estimate of drug-likeness (QED) is 0.651. The van der Waals surface area contributed by atoms with E-state index in [0.29, 0.717) is 5.75 Å². The molecule has 4 nitrogen and oxygen atoms in total. The maximum atomic E-state index is 10.5. The molecule has 5 heteroatoms. The number of para-hydroxylation sites is 2. The van der Waals surface area contributed by atoms with E-state index in [1.54, 1.807) is 18.9 Å². The predicted octanol–water partition coefficient (Wildman–Crippen LogP) is 4.28. The molecule has 0 aliphatic heterocycles. The number of methoxy groups -OCH3 is 1. The van der Waals surface area contributed by atoms with Crippen molar-refractivity contribution in [3.05, 3.63) is 54.1 Å². The molecule has 0 unspecified atom stereocenters. The maximum absolute atomic E-state index is 10.5. The van der Waals surface area contributed by atoms with Gasteiger partial charge in [0.1, 0.15) is 5.75 Å². The number of hydrogen-bond donors (Lipinski definition) is 1. The lowest BCUT2D eigenvalue weighted by Gasteiger charge is -2.12. The van der Waals surface area contributed by atoms with Crippen molar-refractivity contribution in [1.82, 2.24) is 9.55 Å². The summed E-state index contributed by atoms with van der Waals surface area (Å²) in [5.41, 5.74) is 3.02. The molecular weight excluding hydrogens is 320 g/mol. The highest BCUT2D eigenvalue weighted by molar-refractivity contribution is 7.99. The minimum atomic E-state index is -0.556. The zero-order chi connectivity index (χ0) is 16.9. The van der Waals surface area contributed by atoms with Crippen LogP contribution in [-0.4, -0.2) is 27.5 Å². The number of nitrogens with zero attached hydrogens (tertiary/aromatic N) is 2. The van der Waals surface area contributed by atoms with Crippen molar-refractivity contribution in [1.29, 1.82) is 0 Å². The van der Waals surface area contributed by atoms with Gasteiger partial charge in [0.15, 0.2) is 5.16 Å². The first kappa shape index (κ1) is 16.9. The van der Waals surface area contributed by atoms with Crippen LogP contribution in [0.2, 0.25) is 0 Å². The Morgan fingerprint density at radius 1 is 1.21 bits per heavy atom. The number of rotatable bonds is 7. The number of ether oxygens (including phenoxy) is 1. The number of fused-ring (bicyclic) bond motifs is 1. The van der Waals surface area contributed by atoms with Gasteiger partial charge >= 0.3 is 0 Å². The first-order valence-electron chi connectivity index (χ1n) is 8.13. The van der Waals surface area contributed by atoms with Crippen molar-refractivity contribution in [2.24, 2.45) is 0 Å². The number of imidazole rings is 1. The molecule has 0 spiro atoms. The minimum Gasteiger partial charge on any atom is -0.497 e. The van der Waals surface area contributed by atoms with Gasteiger partial charge in [-0.2, -0.15) is 0 Å². The number of aliphatic hydroxyl groups excluding tert-OH is 1. The van der Waals surface area contributed by atoms with Crippen LogP contribution in [-0.2, 0) is 6.54 Å². The predicted molar refractivity (Wildman–Crippen MR) is 98.7 cm³/mol. The van der Waals surface area contributed by atoms with Crippen LogP contribution >= 0.6 is 11.8 Å². The van der Waals surface area contributed by atoms with Crippen LogP contribution in [0.5, 0.6) is 5.75 Å². The molecule has 0 saturated heterocycles. The Morgan fingerprint density at radius 3 is 2.83 bits per heavy atom. The van der Waals surface area contributed by atoms with Gasteiger partial charge in [-0.1, -0.05) is 43.0 Å². The topological polar surface area (TPSA) is 47.3 Å². The third-order valence-electron chi connectivity index (χ3n) is 3.92. The SMILES string of the molecule is CCCn1c(SC[C@@H](O)c2cccc(OC)c2)nc2ccccc21. The molecule has 3 rings (SSSR count). The molecule has 0 radical (unpaired) electrons. The van der Waals surface area contributed by atoms with E-state index in [1.807, 2.05) is 42.5 Å². The van der Waals surface area contributed by atoms with Crippen LogP contribution in [0.25, 0.3) is 11.0 Å². The van der Waals surface area contributed by atoms with Crippen LogP contribution in [0, 0.1) is 0 Å². The molecular formula is C19H22N2O2S. The number of aryl methyl sites for hydroxylation is 1. The van der Waals surface area contributed by atoms with Crippen molar-refractivity contribution in [2.45, 2.75) is 31.1 Å². The lowest BCUT2D eigenvalue weighted by Crippen LogP contribution is -2.04. The van der Waals surface area contributed by atoms with Gasteiger partial charge in [-0.3, -0.25) is 0 Å². The molecule has 0 saturated carbocycles. The fourth-order valence-electron chi connectivity index (χ4n) is 2.70. The number of thioether (sulfide) groups is 1. The Balaban J connectivity index is 1.78. The summed E-state index contributed by atoms with van der Waals surface area (Å²) in [6.07, 6.45) is 0.492. The minimum absolute atomic E-state index is 0.556. The summed E-state index contributed by atoms with van der Waals surface area (Å²) in [6.45, 7) is 3.09. The maximum Gasteiger partial charge on any atom is 0.169 e. The van der Waals surface area contributed by atoms with E-state index >= 15 is 0 Å². The third kappa shape index (κ3) is 3.57. The largest absolute Gasteiger partial charge is 0.497 e. The summed E-state index contributed by atoms with van der Waals surface area (Å²) in [6, 6.07) is 15.7. The molecule has 0 aliphatic carbocycles. The van der Waals surface area contributed by atoms with Crippen LogP contribution in [0.15, 0.2) is 53.7 Å². The Morgan fingerprint density at radius 2 is 2.04 bits per heavy atom. The standard InChI is InChI=1S/C19H22N2O2S/c1-3-11-21-17-10-5-4-9-16(17)20-19(21)24-13-18(22)14-7-6-8-15(12-14)23-2/h4-10,12,18,22H,3,11,13H2,1-2H3/t18-/m1/s1. The molecule has 1 aromatic heterocycles. The second-order valence-electron chi connectivity index (χ2n) is 5.64. The van der Waals surface area contributed by atoms with Crippen LogP contribution in [0.3, 0.4) is 0 Å². The van der Waals surface area contributed by atoms with Gasteiger partial charge < -0.3 is 14.4 Å². The molecule has 2 aromatic carbocycles. The average molecular weight is 342 g/mol. The summed E-state index contributed by atoms with van der Waals surface area (Å²) >= 11 is 1.59. The van der Waals surface area contributed by atoms with E-state index in [-0.39, 0.29) is 0 Å². The van der Waals surface area contributed by atoms with Gasteiger partial charge in [-0.15, -0.1) is 0 Å². The average Bonchev–Trinajstić information content (AvgIpc) is 2.98. The number of hydrogen-bond acceptors (Lipinski definition) is 4. The number of aromatic nitrogens is 2. The Hall–Kier alpha value is -1.98. The van der Waals surface area contributed by atoms with Gasteiger partial charge in [0, 0.05) is 12.3 Å². The summed E-state index contributed by atoms with van der Waals surface area (Å²) in [4.78, 5) is 4.72. The molecule has 126 valence electrons. The van der Waals surface area contributed by atoms with Gasteiger partial charge in [-0.05, 0) is 36.2 Å². The van der Waals surface area contributed by atoms with Crippen LogP contribution in [0.1, 0.15) is 25.0 Å². The molecule has 0 bridgehead atoms. The summed E-state index contributed by atoms with van der Waals surface area (Å²) < 4.78 is 7.46. The summed E-state index contributed by atoms with van der Waals surface area (Å²) in [5.74, 6) is 1.31. The van der Waals surface area contributed by atoms with Crippen molar-refractivity contribution in [3.63, 3.8) is 0 Å². The molecule has 0 aliphatic rings. The first-order chi connectivity index (χ1) is 11.7. The van der Waals surface area contributed by atoms with E-state index in [2.05, 4.69) is 17.6 Å². The van der Waals surface area contributed by atoms with Crippen molar-refractivity contribution >= 4 is 22.8 Å². The van der Waals surface area contributed by atoms with E-state index in [0.717, 1.165) is 40.5 Å². The molecule has 1 atom stereocenters. The fraction of sp³-hybridized carbons (Fsp3) is 0.316. The van der Waals surface area contributed by atoms with E-state index in [4.69, 9.17) is 9.72 Å². The van der Waals surface area contributed by atoms with Crippen LogP contribution < -0.4 is 4.74 Å². The Bertz CT molecular complexity index is 816. The molecule has 0 fully saturated rings. The van der Waals surface area contributed by atoms with E-state index in [9.17, 15) is 5.11 Å². The lowest BCUT2D eigenvalue weighted by atomic mass is 10.1. The third-order valence-corrected chi connectivity index (χ3v) is 4.97. The molecule has 1 N–H and O–H groups in total. The van der Waals surface area contributed by atoms with Gasteiger partial charge in [-0.25, -0.2) is 4.98 Å².